The average Bonchev–Trinajstić information content (AvgIpc) is 2.40. The highest BCUT2D eigenvalue weighted by molar-refractivity contribution is 5.74. The largest absolute Gasteiger partial charge is 0.336 e. The van der Waals surface area contributed by atoms with E-state index in [0.29, 0.717) is 13.1 Å². The van der Waals surface area contributed by atoms with Crippen LogP contribution in [0.25, 0.3) is 0 Å². The van der Waals surface area contributed by atoms with E-state index in [1.165, 1.54) is 11.1 Å². The van der Waals surface area contributed by atoms with Gasteiger partial charge in [-0.1, -0.05) is 37.3 Å². The molecule has 1 atom stereocenters. The Hall–Kier alpha value is -1.77. The molecule has 1 aromatic rings. The number of aryl methyl sites for hydroxylation is 1. The van der Waals surface area contributed by atoms with Gasteiger partial charge in [-0.15, -0.1) is 6.58 Å². The quantitative estimate of drug-likeness (QED) is 0.780. The third kappa shape index (κ3) is 4.78. The molecule has 1 rings (SSSR count). The maximum Gasteiger partial charge on any atom is 0.318 e. The van der Waals surface area contributed by atoms with Gasteiger partial charge in [0.25, 0.3) is 0 Å². The zero-order valence-electron chi connectivity index (χ0n) is 12.1. The van der Waals surface area contributed by atoms with Crippen molar-refractivity contribution in [2.75, 3.05) is 6.54 Å². The molecule has 2 amide bonds. The lowest BCUT2D eigenvalue weighted by Crippen LogP contribution is -2.43. The van der Waals surface area contributed by atoms with Crippen molar-refractivity contribution in [3.63, 3.8) is 0 Å². The van der Waals surface area contributed by atoms with Crippen LogP contribution in [0.1, 0.15) is 31.4 Å². The fourth-order valence-corrected chi connectivity index (χ4v) is 1.77. The molecule has 1 unspecified atom stereocenters. The normalized spacial score (nSPS) is 11.7. The lowest BCUT2D eigenvalue weighted by Gasteiger charge is -2.24. The smallest absolute Gasteiger partial charge is 0.318 e. The second kappa shape index (κ2) is 7.62. The number of hydrogen-bond donors (Lipinski definition) is 1. The van der Waals surface area contributed by atoms with Crippen molar-refractivity contribution in [1.82, 2.24) is 10.2 Å². The van der Waals surface area contributed by atoms with E-state index in [1.807, 2.05) is 19.1 Å². The zero-order chi connectivity index (χ0) is 14.3. The van der Waals surface area contributed by atoms with Crippen molar-refractivity contribution in [1.29, 1.82) is 0 Å². The molecule has 0 aliphatic carbocycles. The van der Waals surface area contributed by atoms with Crippen LogP contribution in [0.3, 0.4) is 0 Å². The Morgan fingerprint density at radius 1 is 1.47 bits per heavy atom. The molecule has 0 bridgehead atoms. The van der Waals surface area contributed by atoms with Crippen molar-refractivity contribution in [3.05, 3.63) is 48.0 Å². The van der Waals surface area contributed by atoms with Crippen molar-refractivity contribution in [2.24, 2.45) is 0 Å². The number of rotatable bonds is 6. The molecule has 0 saturated heterocycles. The van der Waals surface area contributed by atoms with Crippen LogP contribution in [0, 0.1) is 6.92 Å². The minimum Gasteiger partial charge on any atom is -0.336 e. The van der Waals surface area contributed by atoms with Gasteiger partial charge in [0, 0.05) is 19.1 Å². The van der Waals surface area contributed by atoms with Gasteiger partial charge in [-0.25, -0.2) is 4.79 Å². The maximum absolute atomic E-state index is 12.2. The monoisotopic (exact) mass is 260 g/mol. The van der Waals surface area contributed by atoms with E-state index in [-0.39, 0.29) is 12.1 Å². The predicted octanol–water partition coefficient (Wildman–Crippen LogP) is 3.49. The first-order chi connectivity index (χ1) is 9.08. The van der Waals surface area contributed by atoms with Gasteiger partial charge in [0.2, 0.25) is 0 Å². The van der Waals surface area contributed by atoms with Crippen LogP contribution >= 0.6 is 0 Å². The van der Waals surface area contributed by atoms with Crippen LogP contribution < -0.4 is 5.32 Å². The van der Waals surface area contributed by atoms with Crippen LogP contribution in [-0.2, 0) is 6.54 Å². The Morgan fingerprint density at radius 3 is 2.74 bits per heavy atom. The number of carbonyl (C=O) groups excluding carboxylic acids is 1. The number of carbonyl (C=O) groups is 1. The number of benzene rings is 1. The van der Waals surface area contributed by atoms with E-state index >= 15 is 0 Å². The highest BCUT2D eigenvalue weighted by atomic mass is 16.2. The van der Waals surface area contributed by atoms with Crippen LogP contribution in [-0.4, -0.2) is 23.5 Å². The highest BCUT2D eigenvalue weighted by Gasteiger charge is 2.14. The molecular weight excluding hydrogens is 236 g/mol. The van der Waals surface area contributed by atoms with Gasteiger partial charge in [0.15, 0.2) is 0 Å². The van der Waals surface area contributed by atoms with Gasteiger partial charge in [0.05, 0.1) is 0 Å². The summed E-state index contributed by atoms with van der Waals surface area (Å²) in [4.78, 5) is 14.0. The Balaban J connectivity index is 2.75. The van der Waals surface area contributed by atoms with Crippen LogP contribution in [0.5, 0.6) is 0 Å². The summed E-state index contributed by atoms with van der Waals surface area (Å²) in [6.07, 6.45) is 2.69. The summed E-state index contributed by atoms with van der Waals surface area (Å²) in [7, 11) is 0. The molecule has 1 N–H and O–H groups in total. The van der Waals surface area contributed by atoms with E-state index in [2.05, 4.69) is 37.9 Å². The molecular formula is C16H24N2O. The van der Waals surface area contributed by atoms with Crippen molar-refractivity contribution in [3.8, 4) is 0 Å². The molecule has 104 valence electrons. The van der Waals surface area contributed by atoms with Crippen molar-refractivity contribution in [2.45, 2.75) is 39.8 Å². The van der Waals surface area contributed by atoms with Crippen LogP contribution in [0.4, 0.5) is 4.79 Å². The highest BCUT2D eigenvalue weighted by Crippen LogP contribution is 2.11. The number of nitrogens with zero attached hydrogens (tertiary/aromatic N) is 1. The number of urea groups is 1. The Labute approximate surface area is 116 Å². The van der Waals surface area contributed by atoms with Crippen LogP contribution in [0.15, 0.2) is 36.9 Å². The summed E-state index contributed by atoms with van der Waals surface area (Å²) >= 11 is 0. The molecule has 0 radical (unpaired) electrons. The molecule has 3 nitrogen and oxygen atoms in total. The lowest BCUT2D eigenvalue weighted by molar-refractivity contribution is 0.197. The van der Waals surface area contributed by atoms with E-state index < -0.39 is 0 Å². The van der Waals surface area contributed by atoms with Crippen LogP contribution in [0.2, 0.25) is 0 Å². The number of nitrogens with one attached hydrogen (secondary N) is 1. The molecule has 0 aliphatic rings. The molecule has 1 aromatic carbocycles. The summed E-state index contributed by atoms with van der Waals surface area (Å²) in [5.41, 5.74) is 2.37. The first kappa shape index (κ1) is 15.3. The lowest BCUT2D eigenvalue weighted by atomic mass is 10.1. The summed E-state index contributed by atoms with van der Waals surface area (Å²) in [6.45, 7) is 11.0. The Morgan fingerprint density at radius 2 is 2.16 bits per heavy atom. The summed E-state index contributed by atoms with van der Waals surface area (Å²) in [5, 5.41) is 2.99. The number of amides is 2. The molecule has 3 heteroatoms. The minimum absolute atomic E-state index is 0.0301. The fraction of sp³-hybridized carbons (Fsp3) is 0.438. The average molecular weight is 260 g/mol. The Kier molecular flexibility index (Phi) is 6.13. The van der Waals surface area contributed by atoms with Gasteiger partial charge >= 0.3 is 6.03 Å². The van der Waals surface area contributed by atoms with E-state index in [9.17, 15) is 4.79 Å². The molecule has 0 fully saturated rings. The van der Waals surface area contributed by atoms with E-state index in [1.54, 1.807) is 11.0 Å². The molecule has 0 aromatic heterocycles. The zero-order valence-corrected chi connectivity index (χ0v) is 12.1. The Bertz CT molecular complexity index is 429. The van der Waals surface area contributed by atoms with E-state index in [4.69, 9.17) is 0 Å². The molecule has 0 heterocycles. The van der Waals surface area contributed by atoms with E-state index in [0.717, 1.165) is 6.42 Å². The second-order valence-corrected chi connectivity index (χ2v) is 4.85. The number of hydrogen-bond acceptors (Lipinski definition) is 1. The summed E-state index contributed by atoms with van der Waals surface area (Å²) < 4.78 is 0. The minimum atomic E-state index is -0.0301. The summed E-state index contributed by atoms with van der Waals surface area (Å²) in [6, 6.07) is 8.29. The van der Waals surface area contributed by atoms with Gasteiger partial charge in [-0.2, -0.15) is 0 Å². The van der Waals surface area contributed by atoms with Gasteiger partial charge in [-0.05, 0) is 31.4 Å². The molecule has 0 saturated carbocycles. The molecule has 0 aliphatic heterocycles. The topological polar surface area (TPSA) is 32.3 Å². The summed E-state index contributed by atoms with van der Waals surface area (Å²) in [5.74, 6) is 0. The van der Waals surface area contributed by atoms with Gasteiger partial charge in [0.1, 0.15) is 0 Å². The molecule has 0 spiro atoms. The maximum atomic E-state index is 12.2. The third-order valence-corrected chi connectivity index (χ3v) is 3.24. The first-order valence-corrected chi connectivity index (χ1v) is 6.79. The van der Waals surface area contributed by atoms with Crippen molar-refractivity contribution < 1.29 is 4.79 Å². The second-order valence-electron chi connectivity index (χ2n) is 4.85. The van der Waals surface area contributed by atoms with Gasteiger partial charge < -0.3 is 10.2 Å². The van der Waals surface area contributed by atoms with Crippen molar-refractivity contribution >= 4 is 6.03 Å². The first-order valence-electron chi connectivity index (χ1n) is 6.79. The fourth-order valence-electron chi connectivity index (χ4n) is 1.77. The third-order valence-electron chi connectivity index (χ3n) is 3.24. The standard InChI is InChI=1S/C16H24N2O/c1-5-11-18(16(19)17-14(4)6-2)12-15-10-8-7-9-13(15)3/h5,7-10,14H,1,6,11-12H2,2-4H3,(H,17,19). The SMILES string of the molecule is C=CCN(Cc1ccccc1C)C(=O)NC(C)CC. The van der Waals surface area contributed by atoms with Gasteiger partial charge in [-0.3, -0.25) is 0 Å². The predicted molar refractivity (Wildman–Crippen MR) is 80.1 cm³/mol. The molecule has 19 heavy (non-hydrogen) atoms.